The molecule has 0 bridgehead atoms. The number of nitrogens with zero attached hydrogens (tertiary/aromatic N) is 2. The van der Waals surface area contributed by atoms with Crippen molar-refractivity contribution in [1.29, 1.82) is 0 Å². The van der Waals surface area contributed by atoms with Crippen LogP contribution in [-0.4, -0.2) is 36.9 Å². The summed E-state index contributed by atoms with van der Waals surface area (Å²) in [5.74, 6) is 0.00340. The van der Waals surface area contributed by atoms with Crippen molar-refractivity contribution in [2.45, 2.75) is 27.3 Å². The van der Waals surface area contributed by atoms with Gasteiger partial charge in [0.1, 0.15) is 5.82 Å². The molecular formula is C16H25FN4O. The second-order valence-electron chi connectivity index (χ2n) is 5.90. The third-order valence-corrected chi connectivity index (χ3v) is 3.30. The summed E-state index contributed by atoms with van der Waals surface area (Å²) in [6, 6.07) is 6.45. The molecule has 22 heavy (non-hydrogen) atoms. The number of nitrogens with one attached hydrogen (secondary N) is 1. The van der Waals surface area contributed by atoms with E-state index in [1.807, 2.05) is 24.9 Å². The molecule has 0 heterocycles. The number of halogens is 1. The van der Waals surface area contributed by atoms with Gasteiger partial charge in [0.2, 0.25) is 5.91 Å². The van der Waals surface area contributed by atoms with Gasteiger partial charge in [-0.05, 0) is 38.5 Å². The van der Waals surface area contributed by atoms with Crippen molar-refractivity contribution in [1.82, 2.24) is 10.2 Å². The zero-order valence-corrected chi connectivity index (χ0v) is 13.7. The van der Waals surface area contributed by atoms with Crippen molar-refractivity contribution in [3.8, 4) is 0 Å². The van der Waals surface area contributed by atoms with Crippen molar-refractivity contribution in [2.75, 3.05) is 20.1 Å². The molecule has 0 aliphatic carbocycles. The lowest BCUT2D eigenvalue weighted by atomic mass is 9.93. The molecule has 122 valence electrons. The van der Waals surface area contributed by atoms with Crippen molar-refractivity contribution in [2.24, 2.45) is 16.1 Å². The van der Waals surface area contributed by atoms with Crippen LogP contribution in [0.3, 0.4) is 0 Å². The number of rotatable bonds is 6. The van der Waals surface area contributed by atoms with Crippen LogP contribution in [0.4, 0.5) is 4.39 Å². The quantitative estimate of drug-likeness (QED) is 0.621. The van der Waals surface area contributed by atoms with Gasteiger partial charge in [-0.25, -0.2) is 4.39 Å². The number of guanidine groups is 1. The lowest BCUT2D eigenvalue weighted by Crippen LogP contribution is -2.40. The Hall–Kier alpha value is -2.11. The number of carbonyl (C=O) groups excluding carboxylic acids is 1. The highest BCUT2D eigenvalue weighted by Crippen LogP contribution is 2.14. The second kappa shape index (κ2) is 7.77. The molecule has 0 unspecified atom stereocenters. The summed E-state index contributed by atoms with van der Waals surface area (Å²) in [5.41, 5.74) is 5.50. The van der Waals surface area contributed by atoms with Crippen molar-refractivity contribution >= 4 is 11.9 Å². The summed E-state index contributed by atoms with van der Waals surface area (Å²) < 4.78 is 13.2. The zero-order valence-electron chi connectivity index (χ0n) is 13.7. The van der Waals surface area contributed by atoms with Gasteiger partial charge < -0.3 is 16.0 Å². The van der Waals surface area contributed by atoms with Crippen LogP contribution in [0.5, 0.6) is 0 Å². The fourth-order valence-corrected chi connectivity index (χ4v) is 1.80. The first-order valence-corrected chi connectivity index (χ1v) is 7.30. The van der Waals surface area contributed by atoms with Crippen LogP contribution in [0.1, 0.15) is 26.3 Å². The average molecular weight is 308 g/mol. The minimum absolute atomic E-state index is 0.261. The van der Waals surface area contributed by atoms with E-state index in [9.17, 15) is 9.18 Å². The maximum absolute atomic E-state index is 13.2. The van der Waals surface area contributed by atoms with E-state index in [1.165, 1.54) is 12.1 Å². The molecule has 0 spiro atoms. The number of amides is 1. The predicted molar refractivity (Wildman–Crippen MR) is 86.8 cm³/mol. The molecular weight excluding hydrogens is 283 g/mol. The Bertz CT molecular complexity index is 543. The van der Waals surface area contributed by atoms with Gasteiger partial charge in [-0.2, -0.15) is 0 Å². The monoisotopic (exact) mass is 308 g/mol. The number of aliphatic imine (C=N–C) groups is 1. The highest BCUT2D eigenvalue weighted by molar-refractivity contribution is 5.82. The third kappa shape index (κ3) is 5.35. The van der Waals surface area contributed by atoms with Crippen molar-refractivity contribution < 1.29 is 9.18 Å². The van der Waals surface area contributed by atoms with E-state index in [2.05, 4.69) is 10.3 Å². The minimum Gasteiger partial charge on any atom is -0.369 e. The summed E-state index contributed by atoms with van der Waals surface area (Å²) in [6.45, 7) is 6.98. The molecule has 0 aliphatic rings. The van der Waals surface area contributed by atoms with E-state index < -0.39 is 5.41 Å². The van der Waals surface area contributed by atoms with Gasteiger partial charge in [0.05, 0.1) is 12.0 Å². The molecule has 0 radical (unpaired) electrons. The zero-order chi connectivity index (χ0) is 16.8. The van der Waals surface area contributed by atoms with E-state index in [4.69, 9.17) is 5.73 Å². The van der Waals surface area contributed by atoms with E-state index >= 15 is 0 Å². The van der Waals surface area contributed by atoms with Crippen LogP contribution in [0, 0.1) is 11.2 Å². The number of hydrogen-bond donors (Lipinski definition) is 2. The van der Waals surface area contributed by atoms with Crippen LogP contribution in [0.15, 0.2) is 29.3 Å². The summed E-state index contributed by atoms with van der Waals surface area (Å²) in [7, 11) is 1.86. The number of primary amides is 1. The highest BCUT2D eigenvalue weighted by Gasteiger charge is 2.24. The van der Waals surface area contributed by atoms with E-state index in [0.29, 0.717) is 19.0 Å². The van der Waals surface area contributed by atoms with Gasteiger partial charge in [0.15, 0.2) is 5.96 Å². The van der Waals surface area contributed by atoms with Crippen LogP contribution in [-0.2, 0) is 11.3 Å². The fraction of sp³-hybridized carbons (Fsp3) is 0.500. The number of nitrogens with two attached hydrogens (primary N) is 1. The molecule has 1 amide bonds. The Balaban J connectivity index is 2.83. The first-order chi connectivity index (χ1) is 10.3. The maximum Gasteiger partial charge on any atom is 0.224 e. The Morgan fingerprint density at radius 1 is 1.45 bits per heavy atom. The fourth-order valence-electron chi connectivity index (χ4n) is 1.80. The lowest BCUT2D eigenvalue weighted by Gasteiger charge is -2.24. The van der Waals surface area contributed by atoms with Gasteiger partial charge in [-0.15, -0.1) is 0 Å². The van der Waals surface area contributed by atoms with Gasteiger partial charge in [0.25, 0.3) is 0 Å². The molecule has 0 aromatic heterocycles. The Morgan fingerprint density at radius 2 is 2.14 bits per heavy atom. The topological polar surface area (TPSA) is 70.7 Å². The molecule has 0 saturated carbocycles. The molecule has 0 saturated heterocycles. The Morgan fingerprint density at radius 3 is 2.68 bits per heavy atom. The van der Waals surface area contributed by atoms with Crippen molar-refractivity contribution in [3.63, 3.8) is 0 Å². The largest absolute Gasteiger partial charge is 0.369 e. The Labute approximate surface area is 131 Å². The highest BCUT2D eigenvalue weighted by atomic mass is 19.1. The lowest BCUT2D eigenvalue weighted by molar-refractivity contribution is -0.125. The smallest absolute Gasteiger partial charge is 0.224 e. The first kappa shape index (κ1) is 17.9. The van der Waals surface area contributed by atoms with Crippen LogP contribution >= 0.6 is 0 Å². The summed E-state index contributed by atoms with van der Waals surface area (Å²) in [4.78, 5) is 17.7. The molecule has 1 aromatic rings. The average Bonchev–Trinajstić information content (AvgIpc) is 2.43. The summed E-state index contributed by atoms with van der Waals surface area (Å²) in [6.07, 6.45) is 0. The first-order valence-electron chi connectivity index (χ1n) is 7.30. The number of carbonyl (C=O) groups is 1. The molecule has 0 atom stereocenters. The van der Waals surface area contributed by atoms with Crippen LogP contribution < -0.4 is 11.1 Å². The summed E-state index contributed by atoms with van der Waals surface area (Å²) >= 11 is 0. The van der Waals surface area contributed by atoms with Gasteiger partial charge in [-0.1, -0.05) is 12.1 Å². The second-order valence-corrected chi connectivity index (χ2v) is 5.90. The van der Waals surface area contributed by atoms with E-state index in [-0.39, 0.29) is 18.3 Å². The van der Waals surface area contributed by atoms with E-state index in [1.54, 1.807) is 19.9 Å². The predicted octanol–water partition coefficient (Wildman–Crippen LogP) is 1.73. The van der Waals surface area contributed by atoms with Gasteiger partial charge in [0, 0.05) is 20.1 Å². The molecule has 1 rings (SSSR count). The molecule has 1 aromatic carbocycles. The SMILES string of the molecule is CCNC(=NCC(C)(C)C(N)=O)N(C)Cc1cccc(F)c1. The normalized spacial score (nSPS) is 12.1. The van der Waals surface area contributed by atoms with Gasteiger partial charge >= 0.3 is 0 Å². The van der Waals surface area contributed by atoms with Gasteiger partial charge in [-0.3, -0.25) is 9.79 Å². The minimum atomic E-state index is -0.708. The standard InChI is InChI=1S/C16H25FN4O/c1-5-19-15(20-11-16(2,3)14(18)22)21(4)10-12-7-6-8-13(17)9-12/h6-9H,5,10-11H2,1-4H3,(H2,18,22)(H,19,20). The molecule has 0 fully saturated rings. The molecule has 0 aliphatic heterocycles. The van der Waals surface area contributed by atoms with Crippen LogP contribution in [0.25, 0.3) is 0 Å². The van der Waals surface area contributed by atoms with Crippen LogP contribution in [0.2, 0.25) is 0 Å². The number of hydrogen-bond acceptors (Lipinski definition) is 2. The molecule has 5 nitrogen and oxygen atoms in total. The molecule has 3 N–H and O–H groups in total. The third-order valence-electron chi connectivity index (χ3n) is 3.30. The maximum atomic E-state index is 13.2. The summed E-state index contributed by atoms with van der Waals surface area (Å²) in [5, 5.41) is 3.16. The number of benzene rings is 1. The molecule has 6 heteroatoms. The van der Waals surface area contributed by atoms with Crippen molar-refractivity contribution in [3.05, 3.63) is 35.6 Å². The Kier molecular flexibility index (Phi) is 6.34. The van der Waals surface area contributed by atoms with E-state index in [0.717, 1.165) is 5.56 Å².